The highest BCUT2D eigenvalue weighted by molar-refractivity contribution is 7.91. The van der Waals surface area contributed by atoms with E-state index in [4.69, 9.17) is 4.74 Å². The zero-order valence-electron chi connectivity index (χ0n) is 12.2. The number of rotatable bonds is 4. The molecule has 0 spiro atoms. The smallest absolute Gasteiger partial charge is 0.156 e. The first-order valence-electron chi connectivity index (χ1n) is 6.89. The molecule has 0 amide bonds. The lowest BCUT2D eigenvalue weighted by molar-refractivity contribution is 0.0738. The van der Waals surface area contributed by atoms with Crippen molar-refractivity contribution >= 4 is 9.84 Å². The number of benzene rings is 1. The first-order valence-corrected chi connectivity index (χ1v) is 8.71. The number of hydrogen-bond acceptors (Lipinski definition) is 4. The van der Waals surface area contributed by atoms with Crippen LogP contribution < -0.4 is 4.74 Å². The van der Waals surface area contributed by atoms with Crippen molar-refractivity contribution in [1.82, 2.24) is 0 Å². The third-order valence-electron chi connectivity index (χ3n) is 4.08. The predicted molar refractivity (Wildman–Crippen MR) is 78.8 cm³/mol. The Kier molecular flexibility index (Phi) is 4.12. The van der Waals surface area contributed by atoms with Crippen LogP contribution in [0.3, 0.4) is 0 Å². The van der Waals surface area contributed by atoms with E-state index >= 15 is 0 Å². The Morgan fingerprint density at radius 3 is 2.30 bits per heavy atom. The van der Waals surface area contributed by atoms with Gasteiger partial charge in [-0.15, -0.1) is 0 Å². The summed E-state index contributed by atoms with van der Waals surface area (Å²) in [6, 6.07) is 7.66. The van der Waals surface area contributed by atoms with Gasteiger partial charge in [0.25, 0.3) is 0 Å². The van der Waals surface area contributed by atoms with Gasteiger partial charge in [0.2, 0.25) is 0 Å². The minimum absolute atomic E-state index is 0.106. The highest BCUT2D eigenvalue weighted by Crippen LogP contribution is 2.29. The Hall–Kier alpha value is -1.07. The lowest BCUT2D eigenvalue weighted by Gasteiger charge is -2.24. The molecule has 20 heavy (non-hydrogen) atoms. The van der Waals surface area contributed by atoms with E-state index in [0.717, 1.165) is 6.42 Å². The number of sulfone groups is 1. The molecule has 2 atom stereocenters. The fourth-order valence-corrected chi connectivity index (χ4v) is 3.93. The van der Waals surface area contributed by atoms with E-state index in [0.29, 0.717) is 5.75 Å². The maximum atomic E-state index is 11.4. The second-order valence-corrected chi connectivity index (χ2v) is 8.22. The topological polar surface area (TPSA) is 63.6 Å². The molecule has 0 bridgehead atoms. The van der Waals surface area contributed by atoms with E-state index in [2.05, 4.69) is 20.8 Å². The minimum atomic E-state index is -3.18. The third kappa shape index (κ3) is 3.33. The standard InChI is InChI=1S/C15H22O4S/c1-4-15(2,3)11-5-7-12(8-6-11)19-14-10-20(17,18)9-13(14)16/h5-8,13-14,16H,4,9-10H2,1-3H3. The molecular weight excluding hydrogens is 276 g/mol. The van der Waals surface area contributed by atoms with Gasteiger partial charge in [0.15, 0.2) is 9.84 Å². The molecule has 1 heterocycles. The van der Waals surface area contributed by atoms with Crippen LogP contribution in [0.2, 0.25) is 0 Å². The molecule has 112 valence electrons. The average Bonchev–Trinajstić information content (AvgIpc) is 2.63. The molecule has 0 radical (unpaired) electrons. The molecule has 1 aliphatic rings. The van der Waals surface area contributed by atoms with Crippen molar-refractivity contribution in [2.45, 2.75) is 44.8 Å². The van der Waals surface area contributed by atoms with Gasteiger partial charge < -0.3 is 9.84 Å². The molecule has 2 rings (SSSR count). The van der Waals surface area contributed by atoms with Gasteiger partial charge in [0.05, 0.1) is 11.5 Å². The molecule has 0 aromatic heterocycles. The fraction of sp³-hybridized carbons (Fsp3) is 0.600. The van der Waals surface area contributed by atoms with Crippen LogP contribution in [0.15, 0.2) is 24.3 Å². The molecule has 0 saturated carbocycles. The van der Waals surface area contributed by atoms with Crippen LogP contribution in [0.25, 0.3) is 0 Å². The van der Waals surface area contributed by atoms with Gasteiger partial charge in [0.1, 0.15) is 18.0 Å². The Morgan fingerprint density at radius 2 is 1.85 bits per heavy atom. The van der Waals surface area contributed by atoms with Crippen LogP contribution in [0.5, 0.6) is 5.75 Å². The first-order chi connectivity index (χ1) is 9.23. The van der Waals surface area contributed by atoms with Gasteiger partial charge >= 0.3 is 0 Å². The van der Waals surface area contributed by atoms with Crippen LogP contribution in [-0.2, 0) is 15.3 Å². The molecule has 1 fully saturated rings. The predicted octanol–water partition coefficient (Wildman–Crippen LogP) is 1.91. The van der Waals surface area contributed by atoms with Crippen molar-refractivity contribution in [2.24, 2.45) is 0 Å². The molecule has 1 saturated heterocycles. The van der Waals surface area contributed by atoms with Crippen molar-refractivity contribution in [1.29, 1.82) is 0 Å². The van der Waals surface area contributed by atoms with E-state index in [1.165, 1.54) is 5.56 Å². The van der Waals surface area contributed by atoms with Crippen molar-refractivity contribution in [3.8, 4) is 5.75 Å². The first kappa shape index (κ1) is 15.3. The lowest BCUT2D eigenvalue weighted by Crippen LogP contribution is -2.29. The Labute approximate surface area is 120 Å². The monoisotopic (exact) mass is 298 g/mol. The van der Waals surface area contributed by atoms with E-state index in [1.54, 1.807) is 0 Å². The van der Waals surface area contributed by atoms with Crippen LogP contribution in [0.4, 0.5) is 0 Å². The SMILES string of the molecule is CCC(C)(C)c1ccc(OC2CS(=O)(=O)CC2O)cc1. The summed E-state index contributed by atoms with van der Waals surface area (Å²) < 4.78 is 28.4. The van der Waals surface area contributed by atoms with Crippen LogP contribution >= 0.6 is 0 Å². The summed E-state index contributed by atoms with van der Waals surface area (Å²) in [4.78, 5) is 0. The quantitative estimate of drug-likeness (QED) is 0.922. The molecule has 1 aromatic rings. The number of aliphatic hydroxyl groups is 1. The summed E-state index contributed by atoms with van der Waals surface area (Å²) in [6.07, 6.45) is -0.566. The Balaban J connectivity index is 2.09. The van der Waals surface area contributed by atoms with Gasteiger partial charge in [-0.05, 0) is 29.5 Å². The zero-order valence-corrected chi connectivity index (χ0v) is 13.0. The largest absolute Gasteiger partial charge is 0.487 e. The summed E-state index contributed by atoms with van der Waals surface area (Å²) in [7, 11) is -3.18. The second-order valence-electron chi connectivity index (χ2n) is 6.06. The Morgan fingerprint density at radius 1 is 1.25 bits per heavy atom. The normalized spacial score (nSPS) is 25.6. The number of hydrogen-bond donors (Lipinski definition) is 1. The van der Waals surface area contributed by atoms with Gasteiger partial charge in [0, 0.05) is 0 Å². The van der Waals surface area contributed by atoms with E-state index in [1.807, 2.05) is 24.3 Å². The maximum absolute atomic E-state index is 11.4. The summed E-state index contributed by atoms with van der Waals surface area (Å²) >= 11 is 0. The van der Waals surface area contributed by atoms with Crippen molar-refractivity contribution in [3.63, 3.8) is 0 Å². The molecular formula is C15H22O4S. The van der Waals surface area contributed by atoms with E-state index < -0.39 is 22.0 Å². The highest BCUT2D eigenvalue weighted by atomic mass is 32.2. The molecule has 1 aromatic carbocycles. The Bertz CT molecular complexity index is 560. The lowest BCUT2D eigenvalue weighted by atomic mass is 9.82. The summed E-state index contributed by atoms with van der Waals surface area (Å²) in [5.41, 5.74) is 1.32. The van der Waals surface area contributed by atoms with Crippen molar-refractivity contribution in [3.05, 3.63) is 29.8 Å². The van der Waals surface area contributed by atoms with Gasteiger partial charge in [-0.25, -0.2) is 8.42 Å². The van der Waals surface area contributed by atoms with Crippen LogP contribution in [0, 0.1) is 0 Å². The molecule has 0 aliphatic carbocycles. The number of aliphatic hydroxyl groups excluding tert-OH is 1. The van der Waals surface area contributed by atoms with Crippen molar-refractivity contribution < 1.29 is 18.3 Å². The molecule has 4 nitrogen and oxygen atoms in total. The van der Waals surface area contributed by atoms with Gasteiger partial charge in [-0.2, -0.15) is 0 Å². The summed E-state index contributed by atoms with van der Waals surface area (Å²) in [5, 5.41) is 9.70. The van der Waals surface area contributed by atoms with E-state index in [9.17, 15) is 13.5 Å². The molecule has 5 heteroatoms. The van der Waals surface area contributed by atoms with Gasteiger partial charge in [-0.3, -0.25) is 0 Å². The average molecular weight is 298 g/mol. The summed E-state index contributed by atoms with van der Waals surface area (Å²) in [5.74, 6) is 0.274. The number of ether oxygens (including phenoxy) is 1. The minimum Gasteiger partial charge on any atom is -0.487 e. The van der Waals surface area contributed by atoms with Crippen LogP contribution in [-0.4, -0.2) is 37.2 Å². The zero-order chi connectivity index (χ0) is 15.0. The molecule has 1 N–H and O–H groups in total. The highest BCUT2D eigenvalue weighted by Gasteiger charge is 2.38. The molecule has 2 unspecified atom stereocenters. The molecule has 1 aliphatic heterocycles. The third-order valence-corrected chi connectivity index (χ3v) is 5.76. The van der Waals surface area contributed by atoms with Gasteiger partial charge in [-0.1, -0.05) is 32.9 Å². The fourth-order valence-electron chi connectivity index (χ4n) is 2.27. The van der Waals surface area contributed by atoms with Crippen LogP contribution in [0.1, 0.15) is 32.8 Å². The van der Waals surface area contributed by atoms with Crippen molar-refractivity contribution in [2.75, 3.05) is 11.5 Å². The maximum Gasteiger partial charge on any atom is 0.156 e. The second kappa shape index (κ2) is 5.37. The van der Waals surface area contributed by atoms with E-state index in [-0.39, 0.29) is 16.9 Å². The summed E-state index contributed by atoms with van der Waals surface area (Å²) in [6.45, 7) is 6.50.